The molecule has 0 radical (unpaired) electrons. The third kappa shape index (κ3) is 3.01. The minimum absolute atomic E-state index is 0.0416. The van der Waals surface area contributed by atoms with Crippen molar-refractivity contribution in [2.45, 2.75) is 41.7 Å². The van der Waals surface area contributed by atoms with Gasteiger partial charge < -0.3 is 14.6 Å². The molecule has 1 aromatic rings. The Morgan fingerprint density at radius 2 is 1.92 bits per heavy atom. The molecule has 3 rings (SSSR count). The molecule has 24 heavy (non-hydrogen) atoms. The number of ether oxygens (including phenoxy) is 1. The monoisotopic (exact) mass is 352 g/mol. The highest BCUT2D eigenvalue weighted by Crippen LogP contribution is 2.54. The van der Waals surface area contributed by atoms with E-state index in [9.17, 15) is 14.6 Å². The normalized spacial score (nSPS) is 27.0. The van der Waals surface area contributed by atoms with Crippen molar-refractivity contribution in [3.8, 4) is 5.75 Å². The molecule has 6 nitrogen and oxygen atoms in total. The third-order valence-corrected chi connectivity index (χ3v) is 7.47. The summed E-state index contributed by atoms with van der Waals surface area (Å²) in [6, 6.07) is 6.95. The van der Waals surface area contributed by atoms with Gasteiger partial charge in [0.05, 0.1) is 7.11 Å². The van der Waals surface area contributed by atoms with E-state index in [1.807, 2.05) is 0 Å². The molecule has 1 spiro atoms. The van der Waals surface area contributed by atoms with Crippen LogP contribution in [0.2, 0.25) is 0 Å². The van der Waals surface area contributed by atoms with Gasteiger partial charge in [-0.3, -0.25) is 10.0 Å². The zero-order valence-corrected chi connectivity index (χ0v) is 14.7. The van der Waals surface area contributed by atoms with E-state index in [0.717, 1.165) is 32.4 Å². The first-order valence-electron chi connectivity index (χ1n) is 8.26. The summed E-state index contributed by atoms with van der Waals surface area (Å²) in [6.07, 6.45) is 3.90. The van der Waals surface area contributed by atoms with Gasteiger partial charge in [0.15, 0.2) is 4.90 Å². The van der Waals surface area contributed by atoms with Gasteiger partial charge in [-0.05, 0) is 62.0 Å². The zero-order chi connectivity index (χ0) is 17.2. The van der Waals surface area contributed by atoms with Crippen molar-refractivity contribution in [2.75, 3.05) is 20.2 Å². The van der Waals surface area contributed by atoms with E-state index in [2.05, 4.69) is 5.32 Å². The molecule has 1 amide bonds. The van der Waals surface area contributed by atoms with E-state index in [1.165, 1.54) is 0 Å². The lowest BCUT2D eigenvalue weighted by atomic mass is 9.77. The summed E-state index contributed by atoms with van der Waals surface area (Å²) in [5.74, 6) is 0.143. The first kappa shape index (κ1) is 17.5. The zero-order valence-electron chi connectivity index (χ0n) is 13.8. The topological polar surface area (TPSA) is 93.7 Å². The summed E-state index contributed by atoms with van der Waals surface area (Å²) in [7, 11) is 1.57. The van der Waals surface area contributed by atoms with Crippen LogP contribution in [0.3, 0.4) is 0 Å². The number of piperidine rings is 1. The number of hydrogen-bond acceptors (Lipinski definition) is 5. The molecule has 3 N–H and O–H groups in total. The van der Waals surface area contributed by atoms with Crippen LogP contribution in [-0.2, 0) is 16.0 Å². The summed E-state index contributed by atoms with van der Waals surface area (Å²) < 4.78 is 17.3. The number of amides is 1. The largest absolute Gasteiger partial charge is 0.611 e. The first-order chi connectivity index (χ1) is 11.6. The van der Waals surface area contributed by atoms with Crippen molar-refractivity contribution in [3.05, 3.63) is 24.3 Å². The fourth-order valence-electron chi connectivity index (χ4n) is 4.10. The summed E-state index contributed by atoms with van der Waals surface area (Å²) in [4.78, 5) is 13.1. The van der Waals surface area contributed by atoms with E-state index in [1.54, 1.807) is 36.9 Å². The maximum absolute atomic E-state index is 13.3. The number of rotatable bonds is 4. The molecule has 7 heteroatoms. The lowest BCUT2D eigenvalue weighted by molar-refractivity contribution is -0.132. The predicted molar refractivity (Wildman–Crippen MR) is 90.5 cm³/mol. The second-order valence-corrected chi connectivity index (χ2v) is 8.60. The van der Waals surface area contributed by atoms with Crippen molar-refractivity contribution >= 4 is 17.1 Å². The van der Waals surface area contributed by atoms with E-state index in [-0.39, 0.29) is 5.41 Å². The van der Waals surface area contributed by atoms with Crippen LogP contribution in [0, 0.1) is 5.41 Å². The smallest absolute Gasteiger partial charge is 0.299 e. The Balaban J connectivity index is 1.89. The van der Waals surface area contributed by atoms with Gasteiger partial charge in [-0.1, -0.05) is 0 Å². The molecular formula is C17H24N2O4S. The second-order valence-electron chi connectivity index (χ2n) is 6.81. The van der Waals surface area contributed by atoms with Crippen LogP contribution in [0.4, 0.5) is 0 Å². The molecular weight excluding hydrogens is 328 g/mol. The summed E-state index contributed by atoms with van der Waals surface area (Å²) >= 11 is -1.53. The highest BCUT2D eigenvalue weighted by Gasteiger charge is 2.60. The standard InChI is InChI=1S/C17H24N2O4S/c1-23-13-2-4-14(5-3-13)24(22)17(15(20)19-21)7-6-16(12-17)8-10-18-11-9-16/h2-5,18,21H,6-12H2,1H3,(H,19,20). The molecule has 2 atom stereocenters. The van der Waals surface area contributed by atoms with E-state index in [0.29, 0.717) is 23.5 Å². The molecule has 1 aliphatic heterocycles. The van der Waals surface area contributed by atoms with Crippen LogP contribution in [0.25, 0.3) is 0 Å². The summed E-state index contributed by atoms with van der Waals surface area (Å²) in [6.45, 7) is 1.85. The number of hydroxylamine groups is 1. The minimum atomic E-state index is -1.53. The third-order valence-electron chi connectivity index (χ3n) is 5.53. The lowest BCUT2D eigenvalue weighted by Gasteiger charge is -2.36. The molecule has 2 aliphatic rings. The van der Waals surface area contributed by atoms with Crippen LogP contribution in [0.5, 0.6) is 5.75 Å². The predicted octanol–water partition coefficient (Wildman–Crippen LogP) is 1.60. The van der Waals surface area contributed by atoms with Gasteiger partial charge in [0, 0.05) is 24.0 Å². The Kier molecular flexibility index (Phi) is 5.05. The Morgan fingerprint density at radius 3 is 2.50 bits per heavy atom. The summed E-state index contributed by atoms with van der Waals surface area (Å²) in [5.41, 5.74) is 1.81. The van der Waals surface area contributed by atoms with Crippen molar-refractivity contribution in [3.63, 3.8) is 0 Å². The first-order valence-corrected chi connectivity index (χ1v) is 9.41. The molecule has 1 saturated carbocycles. The number of nitrogens with one attached hydrogen (secondary N) is 2. The van der Waals surface area contributed by atoms with Crippen LogP contribution in [-0.4, -0.2) is 40.6 Å². The molecule has 2 fully saturated rings. The quantitative estimate of drug-likeness (QED) is 0.435. The van der Waals surface area contributed by atoms with Crippen LogP contribution < -0.4 is 15.5 Å². The number of benzene rings is 1. The molecule has 132 valence electrons. The molecule has 1 heterocycles. The second kappa shape index (κ2) is 6.92. The highest BCUT2D eigenvalue weighted by molar-refractivity contribution is 7.93. The van der Waals surface area contributed by atoms with Crippen molar-refractivity contribution in [1.82, 2.24) is 10.8 Å². The number of carbonyl (C=O) groups excluding carboxylic acids is 1. The van der Waals surface area contributed by atoms with Gasteiger partial charge in [-0.25, -0.2) is 5.48 Å². The van der Waals surface area contributed by atoms with E-state index < -0.39 is 21.8 Å². The number of hydrogen-bond donors (Lipinski definition) is 3. The highest BCUT2D eigenvalue weighted by atomic mass is 32.2. The van der Waals surface area contributed by atoms with Gasteiger partial charge in [0.25, 0.3) is 5.91 Å². The Labute approximate surface area is 145 Å². The van der Waals surface area contributed by atoms with Crippen LogP contribution in [0.15, 0.2) is 29.2 Å². The van der Waals surface area contributed by atoms with Gasteiger partial charge in [-0.15, -0.1) is 0 Å². The maximum Gasteiger partial charge on any atom is 0.299 e. The molecule has 2 unspecified atom stereocenters. The SMILES string of the molecule is COc1ccc([S+]([O-])C2(C(=O)NO)CCC3(CCNCC3)C2)cc1. The Morgan fingerprint density at radius 1 is 1.25 bits per heavy atom. The van der Waals surface area contributed by atoms with Crippen molar-refractivity contribution in [2.24, 2.45) is 5.41 Å². The average Bonchev–Trinajstić information content (AvgIpc) is 3.01. The summed E-state index contributed by atoms with van der Waals surface area (Å²) in [5, 5.41) is 12.6. The Bertz CT molecular complexity index is 589. The fourth-order valence-corrected chi connectivity index (χ4v) is 5.87. The van der Waals surface area contributed by atoms with Gasteiger partial charge >= 0.3 is 0 Å². The molecule has 1 saturated heterocycles. The molecule has 0 aromatic heterocycles. The fraction of sp³-hybridized carbons (Fsp3) is 0.588. The van der Waals surface area contributed by atoms with Gasteiger partial charge in [0.2, 0.25) is 4.75 Å². The van der Waals surface area contributed by atoms with Crippen LogP contribution in [0.1, 0.15) is 32.1 Å². The van der Waals surface area contributed by atoms with Crippen LogP contribution >= 0.6 is 0 Å². The van der Waals surface area contributed by atoms with Crippen molar-refractivity contribution in [1.29, 1.82) is 0 Å². The molecule has 1 aliphatic carbocycles. The van der Waals surface area contributed by atoms with E-state index >= 15 is 0 Å². The molecule has 0 bridgehead atoms. The number of methoxy groups -OCH3 is 1. The van der Waals surface area contributed by atoms with Gasteiger partial charge in [-0.2, -0.15) is 0 Å². The maximum atomic E-state index is 13.3. The lowest BCUT2D eigenvalue weighted by Crippen LogP contribution is -2.51. The number of carbonyl (C=O) groups is 1. The van der Waals surface area contributed by atoms with Crippen molar-refractivity contribution < 1.29 is 19.3 Å². The Hall–Kier alpha value is -1.28. The van der Waals surface area contributed by atoms with Gasteiger partial charge in [0.1, 0.15) is 5.75 Å². The van der Waals surface area contributed by atoms with E-state index in [4.69, 9.17) is 4.74 Å². The minimum Gasteiger partial charge on any atom is -0.611 e. The molecule has 1 aromatic carbocycles. The average molecular weight is 352 g/mol.